The molecule has 0 saturated carbocycles. The molecule has 0 unspecified atom stereocenters. The average molecular weight is 241 g/mol. The molecule has 0 bridgehead atoms. The topological polar surface area (TPSA) is 55.5 Å². The Morgan fingerprint density at radius 1 is 1.22 bits per heavy atom. The van der Waals surface area contributed by atoms with E-state index in [9.17, 15) is 5.11 Å². The first-order valence-electron chi connectivity index (χ1n) is 5.55. The van der Waals surface area contributed by atoms with E-state index in [0.29, 0.717) is 23.3 Å². The molecule has 0 amide bonds. The minimum absolute atomic E-state index is 0.200. The van der Waals surface area contributed by atoms with Crippen LogP contribution in [0.5, 0.6) is 11.5 Å². The highest BCUT2D eigenvalue weighted by Crippen LogP contribution is 2.30. The first-order valence-corrected chi connectivity index (χ1v) is 5.55. The van der Waals surface area contributed by atoms with E-state index in [2.05, 4.69) is 4.98 Å². The second-order valence-corrected chi connectivity index (χ2v) is 3.89. The minimum atomic E-state index is 0.200. The van der Waals surface area contributed by atoms with E-state index in [1.807, 2.05) is 12.1 Å². The van der Waals surface area contributed by atoms with Crippen molar-refractivity contribution in [2.24, 2.45) is 0 Å². The SMILES string of the molecule is Oc1cccc2occ(COc3cccnc3)c12. The summed E-state index contributed by atoms with van der Waals surface area (Å²) in [5.74, 6) is 0.883. The van der Waals surface area contributed by atoms with Gasteiger partial charge in [0, 0.05) is 11.8 Å². The highest BCUT2D eigenvalue weighted by molar-refractivity contribution is 5.87. The largest absolute Gasteiger partial charge is 0.507 e. The number of rotatable bonds is 3. The van der Waals surface area contributed by atoms with Gasteiger partial charge >= 0.3 is 0 Å². The van der Waals surface area contributed by atoms with Crippen molar-refractivity contribution in [2.75, 3.05) is 0 Å². The van der Waals surface area contributed by atoms with Crippen LogP contribution in [0.3, 0.4) is 0 Å². The molecule has 90 valence electrons. The van der Waals surface area contributed by atoms with Crippen LogP contribution in [-0.4, -0.2) is 10.1 Å². The Morgan fingerprint density at radius 3 is 3.00 bits per heavy atom. The number of fused-ring (bicyclic) bond motifs is 1. The predicted molar refractivity (Wildman–Crippen MR) is 66.4 cm³/mol. The zero-order chi connectivity index (χ0) is 12.4. The molecule has 1 N–H and O–H groups in total. The van der Waals surface area contributed by atoms with Crippen LogP contribution in [0.15, 0.2) is 53.4 Å². The smallest absolute Gasteiger partial charge is 0.138 e. The summed E-state index contributed by atoms with van der Waals surface area (Å²) in [5.41, 5.74) is 1.46. The van der Waals surface area contributed by atoms with Crippen molar-refractivity contribution in [3.63, 3.8) is 0 Å². The predicted octanol–water partition coefficient (Wildman–Crippen LogP) is 3.11. The van der Waals surface area contributed by atoms with Crippen LogP contribution >= 0.6 is 0 Å². The van der Waals surface area contributed by atoms with Gasteiger partial charge in [-0.25, -0.2) is 0 Å². The van der Waals surface area contributed by atoms with Crippen molar-refractivity contribution in [3.05, 3.63) is 54.6 Å². The minimum Gasteiger partial charge on any atom is -0.507 e. The first-order chi connectivity index (χ1) is 8.84. The van der Waals surface area contributed by atoms with Gasteiger partial charge in [0.05, 0.1) is 17.8 Å². The number of ether oxygens (including phenoxy) is 1. The molecule has 1 aromatic carbocycles. The van der Waals surface area contributed by atoms with E-state index in [-0.39, 0.29) is 5.75 Å². The molecular weight excluding hydrogens is 230 g/mol. The van der Waals surface area contributed by atoms with Crippen LogP contribution in [0.1, 0.15) is 5.56 Å². The Morgan fingerprint density at radius 2 is 2.17 bits per heavy atom. The molecule has 4 heteroatoms. The first kappa shape index (κ1) is 10.7. The molecular formula is C14H11NO3. The Kier molecular flexibility index (Phi) is 2.61. The molecule has 3 aromatic rings. The number of hydrogen-bond acceptors (Lipinski definition) is 4. The van der Waals surface area contributed by atoms with E-state index in [0.717, 1.165) is 5.56 Å². The number of furan rings is 1. The van der Waals surface area contributed by atoms with Crippen molar-refractivity contribution in [1.29, 1.82) is 0 Å². The van der Waals surface area contributed by atoms with Gasteiger partial charge in [-0.3, -0.25) is 4.98 Å². The van der Waals surface area contributed by atoms with Gasteiger partial charge in [-0.15, -0.1) is 0 Å². The average Bonchev–Trinajstić information content (AvgIpc) is 2.82. The molecule has 0 aliphatic carbocycles. The Bertz CT molecular complexity index is 661. The summed E-state index contributed by atoms with van der Waals surface area (Å²) in [6.07, 6.45) is 4.93. The lowest BCUT2D eigenvalue weighted by Gasteiger charge is -2.04. The number of hydrogen-bond donors (Lipinski definition) is 1. The fourth-order valence-electron chi connectivity index (χ4n) is 1.83. The third-order valence-electron chi connectivity index (χ3n) is 2.68. The zero-order valence-corrected chi connectivity index (χ0v) is 9.54. The maximum Gasteiger partial charge on any atom is 0.138 e. The maximum atomic E-state index is 9.81. The molecule has 0 saturated heterocycles. The molecule has 0 fully saturated rings. The number of aromatic nitrogens is 1. The monoisotopic (exact) mass is 241 g/mol. The second-order valence-electron chi connectivity index (χ2n) is 3.89. The molecule has 2 aromatic heterocycles. The summed E-state index contributed by atoms with van der Waals surface area (Å²) in [6.45, 7) is 0.330. The molecule has 0 aliphatic rings. The standard InChI is InChI=1S/C14H11NO3/c16-12-4-1-5-13-14(12)10(9-18-13)8-17-11-3-2-6-15-7-11/h1-7,9,16H,8H2. The third kappa shape index (κ3) is 1.88. The van der Waals surface area contributed by atoms with Gasteiger partial charge in [-0.05, 0) is 24.3 Å². The Hall–Kier alpha value is -2.49. The van der Waals surface area contributed by atoms with E-state index in [1.54, 1.807) is 36.9 Å². The number of aromatic hydroxyl groups is 1. The van der Waals surface area contributed by atoms with Gasteiger partial charge in [0.25, 0.3) is 0 Å². The fourth-order valence-corrected chi connectivity index (χ4v) is 1.83. The highest BCUT2D eigenvalue weighted by Gasteiger charge is 2.10. The van der Waals surface area contributed by atoms with Crippen molar-refractivity contribution >= 4 is 11.0 Å². The Labute approximate surface area is 103 Å². The molecule has 0 spiro atoms. The van der Waals surface area contributed by atoms with Crippen LogP contribution in [0.25, 0.3) is 11.0 Å². The van der Waals surface area contributed by atoms with E-state index in [4.69, 9.17) is 9.15 Å². The lowest BCUT2D eigenvalue weighted by molar-refractivity contribution is 0.304. The van der Waals surface area contributed by atoms with Crippen molar-refractivity contribution < 1.29 is 14.3 Å². The number of pyridine rings is 1. The number of benzene rings is 1. The van der Waals surface area contributed by atoms with Gasteiger partial charge in [0.1, 0.15) is 23.7 Å². The van der Waals surface area contributed by atoms with E-state index in [1.165, 1.54) is 0 Å². The molecule has 0 aliphatic heterocycles. The third-order valence-corrected chi connectivity index (χ3v) is 2.68. The number of phenols is 1. The van der Waals surface area contributed by atoms with E-state index >= 15 is 0 Å². The second kappa shape index (κ2) is 4.41. The lowest BCUT2D eigenvalue weighted by Crippen LogP contribution is -1.94. The molecule has 18 heavy (non-hydrogen) atoms. The van der Waals surface area contributed by atoms with Crippen LogP contribution in [-0.2, 0) is 6.61 Å². The summed E-state index contributed by atoms with van der Waals surface area (Å²) in [5, 5.41) is 10.5. The van der Waals surface area contributed by atoms with Crippen LogP contribution in [0, 0.1) is 0 Å². The van der Waals surface area contributed by atoms with Gasteiger partial charge in [0.2, 0.25) is 0 Å². The normalized spacial score (nSPS) is 10.7. The van der Waals surface area contributed by atoms with Gasteiger partial charge in [-0.2, -0.15) is 0 Å². The molecule has 4 nitrogen and oxygen atoms in total. The lowest BCUT2D eigenvalue weighted by atomic mass is 10.1. The summed E-state index contributed by atoms with van der Waals surface area (Å²) in [6, 6.07) is 8.82. The van der Waals surface area contributed by atoms with Gasteiger partial charge in [0.15, 0.2) is 0 Å². The van der Waals surface area contributed by atoms with Crippen molar-refractivity contribution in [1.82, 2.24) is 4.98 Å². The van der Waals surface area contributed by atoms with Crippen LogP contribution in [0.2, 0.25) is 0 Å². The quantitative estimate of drug-likeness (QED) is 0.765. The fraction of sp³-hybridized carbons (Fsp3) is 0.0714. The van der Waals surface area contributed by atoms with Crippen LogP contribution in [0.4, 0.5) is 0 Å². The van der Waals surface area contributed by atoms with Crippen molar-refractivity contribution in [2.45, 2.75) is 6.61 Å². The molecule has 3 rings (SSSR count). The molecule has 0 radical (unpaired) electrons. The summed E-state index contributed by atoms with van der Waals surface area (Å²) in [4.78, 5) is 3.97. The molecule has 2 heterocycles. The number of nitrogens with zero attached hydrogens (tertiary/aromatic N) is 1. The summed E-state index contributed by atoms with van der Waals surface area (Å²) < 4.78 is 10.9. The summed E-state index contributed by atoms with van der Waals surface area (Å²) in [7, 11) is 0. The number of phenolic OH excluding ortho intramolecular Hbond substituents is 1. The maximum absolute atomic E-state index is 9.81. The van der Waals surface area contributed by atoms with Crippen molar-refractivity contribution in [3.8, 4) is 11.5 Å². The molecule has 0 atom stereocenters. The highest BCUT2D eigenvalue weighted by atomic mass is 16.5. The van der Waals surface area contributed by atoms with Gasteiger partial charge < -0.3 is 14.3 Å². The Balaban J connectivity index is 1.87. The van der Waals surface area contributed by atoms with Crippen LogP contribution < -0.4 is 4.74 Å². The zero-order valence-electron chi connectivity index (χ0n) is 9.54. The van der Waals surface area contributed by atoms with Gasteiger partial charge in [-0.1, -0.05) is 6.07 Å². The summed E-state index contributed by atoms with van der Waals surface area (Å²) >= 11 is 0. The van der Waals surface area contributed by atoms with E-state index < -0.39 is 0 Å².